The maximum Gasteiger partial charge on any atom is 0.309 e. The first-order valence-corrected chi connectivity index (χ1v) is 4.42. The number of carbonyl (C=O) groups is 1. The molecule has 0 aliphatic rings. The first-order valence-electron chi connectivity index (χ1n) is 4.42. The van der Waals surface area contributed by atoms with Crippen molar-refractivity contribution in [2.45, 2.75) is 39.7 Å². The van der Waals surface area contributed by atoms with Gasteiger partial charge in [-0.25, -0.2) is 0 Å². The minimum atomic E-state index is -0.175. The van der Waals surface area contributed by atoms with Crippen LogP contribution in [0.15, 0.2) is 12.7 Å². The van der Waals surface area contributed by atoms with E-state index in [1.807, 2.05) is 6.92 Å². The average Bonchev–Trinajstić information content (AvgIpc) is 2.00. The van der Waals surface area contributed by atoms with E-state index in [9.17, 15) is 4.79 Å². The monoisotopic (exact) mass is 170 g/mol. The lowest BCUT2D eigenvalue weighted by atomic mass is 10.1. The topological polar surface area (TPSA) is 26.3 Å². The Morgan fingerprint density at radius 2 is 2.17 bits per heavy atom. The molecule has 0 aliphatic heterocycles. The van der Waals surface area contributed by atoms with Gasteiger partial charge < -0.3 is 4.74 Å². The molecule has 12 heavy (non-hydrogen) atoms. The average molecular weight is 170 g/mol. The normalized spacial score (nSPS) is 12.7. The van der Waals surface area contributed by atoms with Crippen molar-refractivity contribution >= 4 is 5.97 Å². The van der Waals surface area contributed by atoms with Crippen LogP contribution in [0.2, 0.25) is 0 Å². The molecule has 0 aromatic rings. The molecule has 2 nitrogen and oxygen atoms in total. The fourth-order valence-corrected chi connectivity index (χ4v) is 1.03. The van der Waals surface area contributed by atoms with Crippen LogP contribution >= 0.6 is 0 Å². The molecule has 0 N–H and O–H groups in total. The lowest BCUT2D eigenvalue weighted by Gasteiger charge is -2.19. The molecule has 1 unspecified atom stereocenters. The molecule has 1 atom stereocenters. The van der Waals surface area contributed by atoms with E-state index >= 15 is 0 Å². The highest BCUT2D eigenvalue weighted by molar-refractivity contribution is 5.71. The van der Waals surface area contributed by atoms with Crippen LogP contribution in [0.1, 0.15) is 33.6 Å². The SMILES string of the molecule is C=CCC(=O)OC(CC)C(C)C. The third-order valence-electron chi connectivity index (χ3n) is 1.74. The highest BCUT2D eigenvalue weighted by Gasteiger charge is 2.14. The highest BCUT2D eigenvalue weighted by Crippen LogP contribution is 2.11. The maximum absolute atomic E-state index is 11.0. The molecular formula is C10H18O2. The third kappa shape index (κ3) is 4.16. The van der Waals surface area contributed by atoms with Crippen molar-refractivity contribution in [3.05, 3.63) is 12.7 Å². The van der Waals surface area contributed by atoms with Crippen molar-refractivity contribution in [3.8, 4) is 0 Å². The lowest BCUT2D eigenvalue weighted by molar-refractivity contribution is -0.150. The number of ether oxygens (including phenoxy) is 1. The van der Waals surface area contributed by atoms with Crippen molar-refractivity contribution in [3.63, 3.8) is 0 Å². The van der Waals surface area contributed by atoms with Gasteiger partial charge in [-0.3, -0.25) is 4.79 Å². The molecule has 0 fully saturated rings. The van der Waals surface area contributed by atoms with Crippen molar-refractivity contribution in [2.24, 2.45) is 5.92 Å². The second-order valence-corrected chi connectivity index (χ2v) is 3.17. The van der Waals surface area contributed by atoms with Crippen molar-refractivity contribution in [1.82, 2.24) is 0 Å². The van der Waals surface area contributed by atoms with Crippen molar-refractivity contribution in [1.29, 1.82) is 0 Å². The summed E-state index contributed by atoms with van der Waals surface area (Å²) in [6.45, 7) is 9.60. The first-order chi connectivity index (χ1) is 5.61. The smallest absolute Gasteiger partial charge is 0.309 e. The van der Waals surface area contributed by atoms with Gasteiger partial charge in [0, 0.05) is 0 Å². The van der Waals surface area contributed by atoms with Crippen LogP contribution in [0.3, 0.4) is 0 Å². The van der Waals surface area contributed by atoms with Crippen LogP contribution in [-0.2, 0) is 9.53 Å². The summed E-state index contributed by atoms with van der Waals surface area (Å²) in [7, 11) is 0. The summed E-state index contributed by atoms with van der Waals surface area (Å²) in [5.74, 6) is 0.217. The van der Waals surface area contributed by atoms with Gasteiger partial charge in [0.05, 0.1) is 6.42 Å². The summed E-state index contributed by atoms with van der Waals surface area (Å²) >= 11 is 0. The lowest BCUT2D eigenvalue weighted by Crippen LogP contribution is -2.22. The second kappa shape index (κ2) is 5.81. The third-order valence-corrected chi connectivity index (χ3v) is 1.74. The van der Waals surface area contributed by atoms with Gasteiger partial charge in [0.25, 0.3) is 0 Å². The van der Waals surface area contributed by atoms with E-state index in [0.717, 1.165) is 6.42 Å². The van der Waals surface area contributed by atoms with Gasteiger partial charge in [0.15, 0.2) is 0 Å². The predicted molar refractivity (Wildman–Crippen MR) is 49.8 cm³/mol. The quantitative estimate of drug-likeness (QED) is 0.468. The molecule has 0 aromatic heterocycles. The Morgan fingerprint density at radius 3 is 2.50 bits per heavy atom. The zero-order valence-electron chi connectivity index (χ0n) is 8.17. The first kappa shape index (κ1) is 11.2. The summed E-state index contributed by atoms with van der Waals surface area (Å²) in [5, 5.41) is 0. The van der Waals surface area contributed by atoms with E-state index in [-0.39, 0.29) is 12.1 Å². The molecule has 2 heteroatoms. The molecule has 0 aromatic carbocycles. The second-order valence-electron chi connectivity index (χ2n) is 3.17. The Labute approximate surface area is 74.6 Å². The summed E-state index contributed by atoms with van der Waals surface area (Å²) in [4.78, 5) is 11.0. The minimum absolute atomic E-state index is 0.0532. The van der Waals surface area contributed by atoms with E-state index in [1.165, 1.54) is 0 Å². The van der Waals surface area contributed by atoms with E-state index in [0.29, 0.717) is 12.3 Å². The molecule has 0 bridgehead atoms. The van der Waals surface area contributed by atoms with Gasteiger partial charge in [0.2, 0.25) is 0 Å². The van der Waals surface area contributed by atoms with E-state index < -0.39 is 0 Å². The Balaban J connectivity index is 3.85. The minimum Gasteiger partial charge on any atom is -0.462 e. The number of hydrogen-bond acceptors (Lipinski definition) is 2. The number of esters is 1. The zero-order chi connectivity index (χ0) is 9.56. The fourth-order valence-electron chi connectivity index (χ4n) is 1.03. The standard InChI is InChI=1S/C10H18O2/c1-5-7-10(11)12-9(6-2)8(3)4/h5,8-9H,1,6-7H2,2-4H3. The molecule has 0 rings (SSSR count). The number of carbonyl (C=O) groups excluding carboxylic acids is 1. The van der Waals surface area contributed by atoms with Crippen LogP contribution in [0.5, 0.6) is 0 Å². The van der Waals surface area contributed by atoms with Crippen LogP contribution < -0.4 is 0 Å². The van der Waals surface area contributed by atoms with Gasteiger partial charge >= 0.3 is 5.97 Å². The molecule has 0 saturated heterocycles. The molecular weight excluding hydrogens is 152 g/mol. The molecule has 0 saturated carbocycles. The van der Waals surface area contributed by atoms with Crippen LogP contribution in [0.25, 0.3) is 0 Å². The van der Waals surface area contributed by atoms with Crippen LogP contribution in [-0.4, -0.2) is 12.1 Å². The predicted octanol–water partition coefficient (Wildman–Crippen LogP) is 2.54. The van der Waals surface area contributed by atoms with E-state index in [4.69, 9.17) is 4.74 Å². The van der Waals surface area contributed by atoms with Gasteiger partial charge in [-0.15, -0.1) is 6.58 Å². The van der Waals surface area contributed by atoms with Crippen molar-refractivity contribution in [2.75, 3.05) is 0 Å². The molecule has 0 spiro atoms. The molecule has 0 amide bonds. The Hall–Kier alpha value is -0.790. The largest absolute Gasteiger partial charge is 0.462 e. The highest BCUT2D eigenvalue weighted by atomic mass is 16.5. The molecule has 70 valence electrons. The Kier molecular flexibility index (Phi) is 5.43. The molecule has 0 radical (unpaired) electrons. The van der Waals surface area contributed by atoms with Crippen LogP contribution in [0, 0.1) is 5.92 Å². The Morgan fingerprint density at radius 1 is 1.58 bits per heavy atom. The molecule has 0 heterocycles. The van der Waals surface area contributed by atoms with Gasteiger partial charge in [0.1, 0.15) is 6.10 Å². The maximum atomic E-state index is 11.0. The zero-order valence-corrected chi connectivity index (χ0v) is 8.17. The summed E-state index contributed by atoms with van der Waals surface area (Å²) in [6, 6.07) is 0. The van der Waals surface area contributed by atoms with Crippen LogP contribution in [0.4, 0.5) is 0 Å². The summed E-state index contributed by atoms with van der Waals surface area (Å²) in [5.41, 5.74) is 0. The Bertz CT molecular complexity index is 150. The summed E-state index contributed by atoms with van der Waals surface area (Å²) in [6.07, 6.45) is 2.80. The summed E-state index contributed by atoms with van der Waals surface area (Å²) < 4.78 is 5.19. The number of rotatable bonds is 5. The van der Waals surface area contributed by atoms with Crippen molar-refractivity contribution < 1.29 is 9.53 Å². The van der Waals surface area contributed by atoms with E-state index in [1.54, 1.807) is 6.08 Å². The fraction of sp³-hybridized carbons (Fsp3) is 0.700. The molecule has 0 aliphatic carbocycles. The number of hydrogen-bond donors (Lipinski definition) is 0. The van der Waals surface area contributed by atoms with E-state index in [2.05, 4.69) is 20.4 Å². The van der Waals surface area contributed by atoms with Gasteiger partial charge in [-0.2, -0.15) is 0 Å². The van der Waals surface area contributed by atoms with Gasteiger partial charge in [-0.1, -0.05) is 26.8 Å². The van der Waals surface area contributed by atoms with Gasteiger partial charge in [-0.05, 0) is 12.3 Å².